The summed E-state index contributed by atoms with van der Waals surface area (Å²) in [6.45, 7) is 9.79. The third-order valence-corrected chi connectivity index (χ3v) is 3.13. The molecule has 3 heteroatoms. The van der Waals surface area contributed by atoms with Crippen LogP contribution >= 0.6 is 0 Å². The number of Topliss-reactive ketones (excluding diaryl/α,β-unsaturated/α-hetero) is 1. The summed E-state index contributed by atoms with van der Waals surface area (Å²) >= 11 is 0. The molecule has 0 bridgehead atoms. The second-order valence-corrected chi connectivity index (χ2v) is 5.87. The number of benzene rings is 1. The first kappa shape index (κ1) is 14.7. The van der Waals surface area contributed by atoms with E-state index >= 15 is 0 Å². The van der Waals surface area contributed by atoms with Crippen LogP contribution in [0.25, 0.3) is 0 Å². The predicted molar refractivity (Wildman–Crippen MR) is 74.2 cm³/mol. The van der Waals surface area contributed by atoms with Crippen LogP contribution in [0.4, 0.5) is 0 Å². The standard InChI is InChI=1S/C15H23NO2/c1-9-7-10(2)12(11(8-9)18-6)13(17)14(16)15(3,4)5/h7-8,14H,16H2,1-6H3. The van der Waals surface area contributed by atoms with Crippen LogP contribution in [0.5, 0.6) is 5.75 Å². The van der Waals surface area contributed by atoms with E-state index in [0.717, 1.165) is 11.1 Å². The molecule has 0 saturated heterocycles. The molecule has 0 aromatic heterocycles. The van der Waals surface area contributed by atoms with Crippen molar-refractivity contribution in [1.29, 1.82) is 0 Å². The average Bonchev–Trinajstić information content (AvgIpc) is 2.24. The Bertz CT molecular complexity index is 458. The maximum atomic E-state index is 12.5. The summed E-state index contributed by atoms with van der Waals surface area (Å²) in [5.41, 5.74) is 8.38. The number of nitrogens with two attached hydrogens (primary N) is 1. The van der Waals surface area contributed by atoms with Crippen LogP contribution in [0.3, 0.4) is 0 Å². The zero-order valence-corrected chi connectivity index (χ0v) is 12.1. The zero-order valence-electron chi connectivity index (χ0n) is 12.1. The number of methoxy groups -OCH3 is 1. The second kappa shape index (κ2) is 5.11. The van der Waals surface area contributed by atoms with Gasteiger partial charge in [-0.15, -0.1) is 0 Å². The number of rotatable bonds is 3. The second-order valence-electron chi connectivity index (χ2n) is 5.87. The quantitative estimate of drug-likeness (QED) is 0.838. The van der Waals surface area contributed by atoms with Crippen LogP contribution in [-0.2, 0) is 0 Å². The van der Waals surface area contributed by atoms with Crippen molar-refractivity contribution in [1.82, 2.24) is 0 Å². The van der Waals surface area contributed by atoms with Gasteiger partial charge in [-0.1, -0.05) is 26.8 Å². The monoisotopic (exact) mass is 249 g/mol. The Morgan fingerprint density at radius 1 is 1.28 bits per heavy atom. The maximum absolute atomic E-state index is 12.5. The van der Waals surface area contributed by atoms with Gasteiger partial charge in [-0.25, -0.2) is 0 Å². The van der Waals surface area contributed by atoms with Gasteiger partial charge in [0.2, 0.25) is 0 Å². The highest BCUT2D eigenvalue weighted by molar-refractivity contribution is 6.04. The molecule has 18 heavy (non-hydrogen) atoms. The lowest BCUT2D eigenvalue weighted by atomic mass is 9.81. The third-order valence-electron chi connectivity index (χ3n) is 3.13. The van der Waals surface area contributed by atoms with E-state index in [1.54, 1.807) is 7.11 Å². The number of hydrogen-bond donors (Lipinski definition) is 1. The van der Waals surface area contributed by atoms with Crippen LogP contribution in [0, 0.1) is 19.3 Å². The zero-order chi connectivity index (χ0) is 14.1. The van der Waals surface area contributed by atoms with Gasteiger partial charge in [0.25, 0.3) is 0 Å². The minimum absolute atomic E-state index is 0.0585. The van der Waals surface area contributed by atoms with Crippen LogP contribution in [0.1, 0.15) is 42.3 Å². The molecule has 100 valence electrons. The summed E-state index contributed by atoms with van der Waals surface area (Å²) < 4.78 is 5.31. The van der Waals surface area contributed by atoms with Crippen LogP contribution in [0.15, 0.2) is 12.1 Å². The highest BCUT2D eigenvalue weighted by Crippen LogP contribution is 2.29. The number of ketones is 1. The smallest absolute Gasteiger partial charge is 0.184 e. The third kappa shape index (κ3) is 2.91. The number of carbonyl (C=O) groups is 1. The minimum atomic E-state index is -0.534. The Kier molecular flexibility index (Phi) is 4.17. The van der Waals surface area contributed by atoms with E-state index in [-0.39, 0.29) is 11.2 Å². The molecule has 1 aromatic rings. The molecule has 3 nitrogen and oxygen atoms in total. The summed E-state index contributed by atoms with van der Waals surface area (Å²) in [4.78, 5) is 12.5. The van der Waals surface area contributed by atoms with Gasteiger partial charge in [0, 0.05) is 0 Å². The Balaban J connectivity index is 3.29. The predicted octanol–water partition coefficient (Wildman–Crippen LogP) is 2.87. The molecule has 0 radical (unpaired) electrons. The molecule has 2 N–H and O–H groups in total. The van der Waals surface area contributed by atoms with Crippen molar-refractivity contribution in [3.63, 3.8) is 0 Å². The molecule has 0 aliphatic rings. The average molecular weight is 249 g/mol. The molecule has 0 aliphatic carbocycles. The van der Waals surface area contributed by atoms with Crippen molar-refractivity contribution in [2.24, 2.45) is 11.1 Å². The van der Waals surface area contributed by atoms with Gasteiger partial charge in [-0.05, 0) is 36.5 Å². The van der Waals surface area contributed by atoms with E-state index in [4.69, 9.17) is 10.5 Å². The first-order chi connectivity index (χ1) is 8.18. The first-order valence-electron chi connectivity index (χ1n) is 6.13. The van der Waals surface area contributed by atoms with Gasteiger partial charge in [0.1, 0.15) is 5.75 Å². The summed E-state index contributed by atoms with van der Waals surface area (Å²) in [6.07, 6.45) is 0. The van der Waals surface area contributed by atoms with Crippen LogP contribution < -0.4 is 10.5 Å². The van der Waals surface area contributed by atoms with E-state index in [1.165, 1.54) is 0 Å². The van der Waals surface area contributed by atoms with E-state index in [9.17, 15) is 4.79 Å². The van der Waals surface area contributed by atoms with E-state index in [0.29, 0.717) is 11.3 Å². The fourth-order valence-corrected chi connectivity index (χ4v) is 1.95. The first-order valence-corrected chi connectivity index (χ1v) is 6.13. The Hall–Kier alpha value is -1.35. The largest absolute Gasteiger partial charge is 0.496 e. The highest BCUT2D eigenvalue weighted by Gasteiger charge is 2.30. The van der Waals surface area contributed by atoms with Crippen LogP contribution in [-0.4, -0.2) is 18.9 Å². The molecule has 0 fully saturated rings. The van der Waals surface area contributed by atoms with Crippen LogP contribution in [0.2, 0.25) is 0 Å². The number of carbonyl (C=O) groups excluding carboxylic acids is 1. The molecule has 1 unspecified atom stereocenters. The SMILES string of the molecule is COc1cc(C)cc(C)c1C(=O)C(N)C(C)(C)C. The summed E-state index contributed by atoms with van der Waals surface area (Å²) in [6, 6.07) is 3.31. The number of hydrogen-bond acceptors (Lipinski definition) is 3. The van der Waals surface area contributed by atoms with E-state index < -0.39 is 6.04 Å². The Morgan fingerprint density at radius 3 is 2.28 bits per heavy atom. The van der Waals surface area contributed by atoms with E-state index in [2.05, 4.69) is 0 Å². The molecule has 0 aliphatic heterocycles. The molecule has 1 atom stereocenters. The maximum Gasteiger partial charge on any atom is 0.184 e. The molecule has 1 aromatic carbocycles. The lowest BCUT2D eigenvalue weighted by Gasteiger charge is -2.27. The van der Waals surface area contributed by atoms with Crippen molar-refractivity contribution in [3.05, 3.63) is 28.8 Å². The molecular formula is C15H23NO2. The molecule has 0 saturated carbocycles. The molecule has 1 rings (SSSR count). The lowest BCUT2D eigenvalue weighted by Crippen LogP contribution is -2.42. The fraction of sp³-hybridized carbons (Fsp3) is 0.533. The Labute approximate surface area is 109 Å². The number of ether oxygens (including phenoxy) is 1. The van der Waals surface area contributed by atoms with Gasteiger partial charge >= 0.3 is 0 Å². The van der Waals surface area contributed by atoms with Crippen molar-refractivity contribution < 1.29 is 9.53 Å². The minimum Gasteiger partial charge on any atom is -0.496 e. The summed E-state index contributed by atoms with van der Waals surface area (Å²) in [5, 5.41) is 0. The molecule has 0 amide bonds. The van der Waals surface area contributed by atoms with Crippen molar-refractivity contribution >= 4 is 5.78 Å². The number of aryl methyl sites for hydroxylation is 2. The van der Waals surface area contributed by atoms with Crippen molar-refractivity contribution in [3.8, 4) is 5.75 Å². The summed E-state index contributed by atoms with van der Waals surface area (Å²) in [7, 11) is 1.58. The molecule has 0 spiro atoms. The van der Waals surface area contributed by atoms with Gasteiger partial charge in [0.05, 0.1) is 18.7 Å². The van der Waals surface area contributed by atoms with Gasteiger partial charge < -0.3 is 10.5 Å². The lowest BCUT2D eigenvalue weighted by molar-refractivity contribution is 0.0897. The Morgan fingerprint density at radius 2 is 1.83 bits per heavy atom. The molecule has 0 heterocycles. The van der Waals surface area contributed by atoms with Gasteiger partial charge in [0.15, 0.2) is 5.78 Å². The van der Waals surface area contributed by atoms with Gasteiger partial charge in [-0.2, -0.15) is 0 Å². The molecular weight excluding hydrogens is 226 g/mol. The van der Waals surface area contributed by atoms with Gasteiger partial charge in [-0.3, -0.25) is 4.79 Å². The highest BCUT2D eigenvalue weighted by atomic mass is 16.5. The normalized spacial score (nSPS) is 13.3. The topological polar surface area (TPSA) is 52.3 Å². The fourth-order valence-electron chi connectivity index (χ4n) is 1.95. The van der Waals surface area contributed by atoms with Crippen molar-refractivity contribution in [2.75, 3.05) is 7.11 Å². The van der Waals surface area contributed by atoms with Crippen molar-refractivity contribution in [2.45, 2.75) is 40.7 Å². The van der Waals surface area contributed by atoms with E-state index in [1.807, 2.05) is 46.8 Å². The summed E-state index contributed by atoms with van der Waals surface area (Å²) in [5.74, 6) is 0.550.